The Morgan fingerprint density at radius 2 is 2.18 bits per heavy atom. The molecular formula is C15H17N3O3S. The first kappa shape index (κ1) is 14.8. The van der Waals surface area contributed by atoms with Crippen LogP contribution in [-0.4, -0.2) is 47.3 Å². The summed E-state index contributed by atoms with van der Waals surface area (Å²) in [5.74, 6) is 1.05. The number of carbonyl (C=O) groups is 1. The van der Waals surface area contributed by atoms with Gasteiger partial charge in [0.05, 0.1) is 20.1 Å². The maximum absolute atomic E-state index is 12.2. The van der Waals surface area contributed by atoms with E-state index in [0.29, 0.717) is 24.7 Å². The van der Waals surface area contributed by atoms with Crippen molar-refractivity contribution in [2.24, 2.45) is 0 Å². The Hall–Kier alpha value is -2.15. The molecule has 0 spiro atoms. The van der Waals surface area contributed by atoms with Gasteiger partial charge in [-0.15, -0.1) is 21.5 Å². The van der Waals surface area contributed by atoms with Crippen molar-refractivity contribution in [3.63, 3.8) is 0 Å². The lowest BCUT2D eigenvalue weighted by Crippen LogP contribution is -2.32. The maximum Gasteiger partial charge on any atom is 0.233 e. The van der Waals surface area contributed by atoms with Crippen molar-refractivity contribution in [1.29, 1.82) is 0 Å². The number of rotatable bonds is 5. The molecule has 2 aromatic heterocycles. The molecule has 3 rings (SSSR count). The highest BCUT2D eigenvalue weighted by Gasteiger charge is 2.28. The third-order valence-corrected chi connectivity index (χ3v) is 4.39. The molecular weight excluding hydrogens is 302 g/mol. The van der Waals surface area contributed by atoms with Crippen LogP contribution in [0.1, 0.15) is 11.3 Å². The number of aromatic nitrogens is 2. The predicted octanol–water partition coefficient (Wildman–Crippen LogP) is 1.77. The Bertz CT molecular complexity index is 615. The molecule has 3 heterocycles. The van der Waals surface area contributed by atoms with Gasteiger partial charge in [0.25, 0.3) is 0 Å². The van der Waals surface area contributed by atoms with Crippen LogP contribution >= 0.6 is 11.3 Å². The predicted molar refractivity (Wildman–Crippen MR) is 82.2 cm³/mol. The fraction of sp³-hybridized carbons (Fsp3) is 0.400. The van der Waals surface area contributed by atoms with Crippen molar-refractivity contribution in [3.05, 3.63) is 34.5 Å². The van der Waals surface area contributed by atoms with Crippen LogP contribution in [-0.2, 0) is 11.2 Å². The number of likely N-dealkylation sites (tertiary alicyclic amines) is 1. The lowest BCUT2D eigenvalue weighted by Gasteiger charge is -2.16. The van der Waals surface area contributed by atoms with Gasteiger partial charge in [-0.05, 0) is 11.4 Å². The standard InChI is InChI=1S/C15H17N3O3S/c1-20-13-4-5-14(17-16-13)21-11-6-7-18(10-11)15(19)9-12-3-2-8-22-12/h2-5,8,11H,6-7,9-10H2,1H3/t11-/m0/s1. The van der Waals surface area contributed by atoms with Gasteiger partial charge in [-0.2, -0.15) is 0 Å². The summed E-state index contributed by atoms with van der Waals surface area (Å²) >= 11 is 1.61. The molecule has 0 unspecified atom stereocenters. The van der Waals surface area contributed by atoms with Gasteiger partial charge in [0.2, 0.25) is 17.7 Å². The second kappa shape index (κ2) is 6.74. The van der Waals surface area contributed by atoms with Crippen LogP contribution in [0.2, 0.25) is 0 Å². The maximum atomic E-state index is 12.2. The highest BCUT2D eigenvalue weighted by atomic mass is 32.1. The zero-order valence-electron chi connectivity index (χ0n) is 12.3. The van der Waals surface area contributed by atoms with Gasteiger partial charge in [-0.1, -0.05) is 6.07 Å². The largest absolute Gasteiger partial charge is 0.480 e. The average Bonchev–Trinajstić information content (AvgIpc) is 3.20. The molecule has 1 aliphatic rings. The van der Waals surface area contributed by atoms with Crippen LogP contribution < -0.4 is 9.47 Å². The summed E-state index contributed by atoms with van der Waals surface area (Å²) in [4.78, 5) is 15.2. The number of nitrogens with zero attached hydrogens (tertiary/aromatic N) is 3. The summed E-state index contributed by atoms with van der Waals surface area (Å²) in [5.41, 5.74) is 0. The zero-order chi connectivity index (χ0) is 15.4. The molecule has 1 fully saturated rings. The summed E-state index contributed by atoms with van der Waals surface area (Å²) in [7, 11) is 1.54. The van der Waals surface area contributed by atoms with E-state index in [9.17, 15) is 4.79 Å². The molecule has 1 atom stereocenters. The van der Waals surface area contributed by atoms with Crippen LogP contribution in [0.5, 0.6) is 11.8 Å². The smallest absolute Gasteiger partial charge is 0.233 e. The Kier molecular flexibility index (Phi) is 4.53. The van der Waals surface area contributed by atoms with E-state index in [-0.39, 0.29) is 12.0 Å². The summed E-state index contributed by atoms with van der Waals surface area (Å²) in [6.07, 6.45) is 1.24. The Morgan fingerprint density at radius 1 is 1.36 bits per heavy atom. The van der Waals surface area contributed by atoms with E-state index in [1.807, 2.05) is 22.4 Å². The average molecular weight is 319 g/mol. The number of ether oxygens (including phenoxy) is 2. The Labute approximate surface area is 132 Å². The van der Waals surface area contributed by atoms with E-state index >= 15 is 0 Å². The molecule has 22 heavy (non-hydrogen) atoms. The lowest BCUT2D eigenvalue weighted by molar-refractivity contribution is -0.129. The van der Waals surface area contributed by atoms with Gasteiger partial charge < -0.3 is 14.4 Å². The molecule has 0 aliphatic carbocycles. The number of thiophene rings is 1. The molecule has 0 saturated carbocycles. The van der Waals surface area contributed by atoms with E-state index in [1.165, 1.54) is 0 Å². The fourth-order valence-corrected chi connectivity index (χ4v) is 3.07. The summed E-state index contributed by atoms with van der Waals surface area (Å²) in [6, 6.07) is 7.38. The summed E-state index contributed by atoms with van der Waals surface area (Å²) in [6.45, 7) is 1.32. The molecule has 1 aliphatic heterocycles. The normalized spacial score (nSPS) is 17.5. The van der Waals surface area contributed by atoms with Crippen LogP contribution in [0, 0.1) is 0 Å². The van der Waals surface area contributed by atoms with Crippen LogP contribution in [0.3, 0.4) is 0 Å². The summed E-state index contributed by atoms with van der Waals surface area (Å²) < 4.78 is 10.7. The SMILES string of the molecule is COc1ccc(O[C@H]2CCN(C(=O)Cc3cccs3)C2)nn1. The first-order valence-corrected chi connectivity index (χ1v) is 7.97. The highest BCUT2D eigenvalue weighted by molar-refractivity contribution is 7.10. The minimum Gasteiger partial charge on any atom is -0.480 e. The van der Waals surface area contributed by atoms with Crippen LogP contribution in [0.25, 0.3) is 0 Å². The second-order valence-corrected chi connectivity index (χ2v) is 6.07. The molecule has 1 amide bonds. The third-order valence-electron chi connectivity index (χ3n) is 3.52. The van der Waals surface area contributed by atoms with Crippen molar-refractivity contribution < 1.29 is 14.3 Å². The second-order valence-electron chi connectivity index (χ2n) is 5.04. The highest BCUT2D eigenvalue weighted by Crippen LogP contribution is 2.19. The Morgan fingerprint density at radius 3 is 2.86 bits per heavy atom. The van der Waals surface area contributed by atoms with Crippen molar-refractivity contribution >= 4 is 17.2 Å². The number of hydrogen-bond acceptors (Lipinski definition) is 6. The van der Waals surface area contributed by atoms with E-state index in [4.69, 9.17) is 9.47 Å². The molecule has 1 saturated heterocycles. The molecule has 0 bridgehead atoms. The molecule has 0 N–H and O–H groups in total. The Balaban J connectivity index is 1.52. The summed E-state index contributed by atoms with van der Waals surface area (Å²) in [5, 5.41) is 9.80. The first-order valence-electron chi connectivity index (χ1n) is 7.09. The quantitative estimate of drug-likeness (QED) is 0.840. The molecule has 0 radical (unpaired) electrons. The molecule has 7 heteroatoms. The fourth-order valence-electron chi connectivity index (χ4n) is 2.38. The van der Waals surface area contributed by atoms with E-state index in [1.54, 1.807) is 30.6 Å². The zero-order valence-corrected chi connectivity index (χ0v) is 13.1. The van der Waals surface area contributed by atoms with Crippen LogP contribution in [0.15, 0.2) is 29.6 Å². The van der Waals surface area contributed by atoms with E-state index in [2.05, 4.69) is 10.2 Å². The van der Waals surface area contributed by atoms with Crippen molar-refractivity contribution in [3.8, 4) is 11.8 Å². The first-order chi connectivity index (χ1) is 10.7. The van der Waals surface area contributed by atoms with Gasteiger partial charge in [-0.3, -0.25) is 4.79 Å². The third kappa shape index (κ3) is 3.54. The minimum atomic E-state index is -0.0324. The molecule has 116 valence electrons. The molecule has 6 nitrogen and oxygen atoms in total. The molecule has 2 aromatic rings. The van der Waals surface area contributed by atoms with Crippen molar-refractivity contribution in [2.75, 3.05) is 20.2 Å². The van der Waals surface area contributed by atoms with E-state index in [0.717, 1.165) is 17.8 Å². The van der Waals surface area contributed by atoms with Gasteiger partial charge in [0.15, 0.2) is 0 Å². The van der Waals surface area contributed by atoms with Gasteiger partial charge in [0, 0.05) is 30.0 Å². The monoisotopic (exact) mass is 319 g/mol. The number of carbonyl (C=O) groups excluding carboxylic acids is 1. The van der Waals surface area contributed by atoms with Crippen molar-refractivity contribution in [1.82, 2.24) is 15.1 Å². The van der Waals surface area contributed by atoms with Gasteiger partial charge in [0.1, 0.15) is 6.10 Å². The van der Waals surface area contributed by atoms with E-state index < -0.39 is 0 Å². The van der Waals surface area contributed by atoms with Crippen LogP contribution in [0.4, 0.5) is 0 Å². The lowest BCUT2D eigenvalue weighted by atomic mass is 10.3. The number of methoxy groups -OCH3 is 1. The van der Waals surface area contributed by atoms with Crippen molar-refractivity contribution in [2.45, 2.75) is 18.9 Å². The van der Waals surface area contributed by atoms with Gasteiger partial charge in [-0.25, -0.2) is 0 Å². The topological polar surface area (TPSA) is 64.6 Å². The van der Waals surface area contributed by atoms with Gasteiger partial charge >= 0.3 is 0 Å². The number of amides is 1. The minimum absolute atomic E-state index is 0.0324. The number of hydrogen-bond donors (Lipinski definition) is 0. The molecule has 0 aromatic carbocycles.